The minimum Gasteiger partial charge on any atom is -0.248 e. The quantitative estimate of drug-likeness (QED) is 0.0211. The van der Waals surface area contributed by atoms with Crippen LogP contribution in [-0.4, -0.2) is 74.2 Å². The van der Waals surface area contributed by atoms with Crippen LogP contribution in [0.2, 0.25) is 29.6 Å². The van der Waals surface area contributed by atoms with E-state index < -0.39 is 36.8 Å². The van der Waals surface area contributed by atoms with Crippen LogP contribution in [0.4, 0.5) is 0 Å². The van der Waals surface area contributed by atoms with Crippen molar-refractivity contribution < 1.29 is 0 Å². The van der Waals surface area contributed by atoms with Crippen molar-refractivity contribution in [3.63, 3.8) is 0 Å². The van der Waals surface area contributed by atoms with E-state index in [4.69, 9.17) is 14.3 Å². The van der Waals surface area contributed by atoms with Crippen molar-refractivity contribution >= 4 is 234 Å². The van der Waals surface area contributed by atoms with Crippen LogP contribution in [0, 0.1) is 46.5 Å². The molecule has 0 fully saturated rings. The third-order valence-corrected chi connectivity index (χ3v) is 51.9. The molecule has 0 aliphatic heterocycles. The number of halogens is 2. The van der Waals surface area contributed by atoms with Gasteiger partial charge in [-0.05, 0) is 126 Å². The van der Waals surface area contributed by atoms with Crippen LogP contribution in [0.5, 0.6) is 0 Å². The molecule has 0 N–H and O–H groups in total. The zero-order valence-electron chi connectivity index (χ0n) is 79.9. The number of hydrogen-bond donors (Lipinski definition) is 0. The Morgan fingerprint density at radius 1 is 0.315 bits per heavy atom. The fraction of sp³-hybridized carbons (Fsp3) is 0.537. The molecule has 8 heterocycles. The first-order valence-corrected chi connectivity index (χ1v) is 75.3. The molecule has 0 radical (unpaired) electrons. The van der Waals surface area contributed by atoms with Gasteiger partial charge in [0, 0.05) is 30.6 Å². The van der Waals surface area contributed by atoms with E-state index in [1.807, 2.05) is 39.0 Å². The van der Waals surface area contributed by atoms with Crippen molar-refractivity contribution in [1.82, 2.24) is 37.4 Å². The van der Waals surface area contributed by atoms with Crippen LogP contribution in [0.1, 0.15) is 363 Å². The summed E-state index contributed by atoms with van der Waals surface area (Å²) in [6.07, 6.45) is 65.4. The number of fused-ring (bicyclic) bond motifs is 9. The topological polar surface area (TPSA) is 103 Å². The Morgan fingerprint density at radius 2 is 0.614 bits per heavy atom. The van der Waals surface area contributed by atoms with E-state index in [0.717, 1.165) is 108 Å². The fourth-order valence-corrected chi connectivity index (χ4v) is 35.8. The van der Waals surface area contributed by atoms with Crippen LogP contribution in [0.25, 0.3) is 90.3 Å². The first kappa shape index (κ1) is 104. The van der Waals surface area contributed by atoms with Crippen molar-refractivity contribution in [2.24, 2.45) is 0 Å². The van der Waals surface area contributed by atoms with Crippen molar-refractivity contribution in [2.75, 3.05) is 0 Å². The fourth-order valence-electron chi connectivity index (χ4n) is 18.1. The first-order valence-electron chi connectivity index (χ1n) is 49.1. The molecule has 0 amide bonds. The van der Waals surface area contributed by atoms with Gasteiger partial charge < -0.3 is 0 Å². The Kier molecular flexibility index (Phi) is 42.3. The van der Waals surface area contributed by atoms with Gasteiger partial charge in [-0.15, -0.1) is 22.7 Å². The molecule has 0 spiro atoms. The maximum atomic E-state index is 5.12. The normalized spacial score (nSPS) is 13.0. The smallest absolute Gasteiger partial charge is 0.122 e. The summed E-state index contributed by atoms with van der Waals surface area (Å²) >= 11 is 13.1. The maximum absolute atomic E-state index is 5.12. The number of aryl methyl sites for hydroxylation is 8. The molecular weight excluding hydrogens is 2030 g/mol. The average Bonchev–Trinajstić information content (AvgIpc) is 1.57. The van der Waals surface area contributed by atoms with E-state index in [1.165, 1.54) is 347 Å². The van der Waals surface area contributed by atoms with E-state index in [0.29, 0.717) is 0 Å². The van der Waals surface area contributed by atoms with Crippen molar-refractivity contribution in [1.29, 1.82) is 0 Å². The van der Waals surface area contributed by atoms with Crippen molar-refractivity contribution in [2.45, 2.75) is 368 Å². The van der Waals surface area contributed by atoms with Gasteiger partial charge in [-0.1, -0.05) is 265 Å². The zero-order chi connectivity index (χ0) is 89.3. The van der Waals surface area contributed by atoms with E-state index in [9.17, 15) is 0 Å². The number of hydrogen-bond acceptors (Lipinski definition) is 14. The van der Waals surface area contributed by atoms with E-state index >= 15 is 0 Å². The Bertz CT molecular complexity index is 5770. The number of unbranched alkanes of at least 4 members (excludes halogenated alkanes) is 36. The monoisotopic (exact) mass is 2180 g/mol. The molecule has 0 saturated carbocycles. The summed E-state index contributed by atoms with van der Waals surface area (Å²) in [5, 5.41) is 1.83. The molecule has 684 valence electrons. The third kappa shape index (κ3) is 28.7. The van der Waals surface area contributed by atoms with Gasteiger partial charge in [-0.25, -0.2) is 19.9 Å². The minimum absolute atomic E-state index is 0. The molecule has 0 saturated heterocycles. The largest absolute Gasteiger partial charge is 0.248 e. The van der Waals surface area contributed by atoms with Gasteiger partial charge >= 0.3 is 226 Å². The first-order chi connectivity index (χ1) is 61.0. The van der Waals surface area contributed by atoms with Gasteiger partial charge in [0.1, 0.15) is 38.6 Å². The molecule has 1 atom stereocenters. The number of rotatable bonds is 48. The van der Waals surface area contributed by atoms with E-state index in [2.05, 4.69) is 221 Å². The second-order valence-electron chi connectivity index (χ2n) is 38.6. The average molecular weight is 2180 g/mol. The summed E-state index contributed by atoms with van der Waals surface area (Å²) < 4.78 is 28.1. The van der Waals surface area contributed by atoms with Crippen LogP contribution in [-0.2, 0) is 25.7 Å². The summed E-state index contributed by atoms with van der Waals surface area (Å²) in [7, 11) is 0. The molecule has 4 aromatic carbocycles. The standard InChI is InChI=1S/C52H66N4S3.C40H56S2.C10H6Br2N4S.6CH3.H3P.2Sn/c1-7-9-11-13-15-17-19-21-23-25-27-39-30-40(28-26-24-22-20-18-16-14-12-10-8-2)32-41(31-39)33-42-43-29-35(3)57-51(43)52-44(42)34-45(58-52)46-49-47(53-37(5)38(6)54-49)36(4)48-50(46)56-59-55-48;1-3-5-7-9-11-13-15-17-19-21-23-33-29-34(24-22-20-18-16-14-12-10-8-6-4-2)31-35(30-33)32-38-36-25-27-41-39(36)40-37(38)26-28-42-40;1-3-4(2)14-8-6(12)10-9(15-17-16-10)5(11)7(8)13-3;;;;;;;;;/h29-34H,3-4,7-28H2,1-2,5-6H3;25-26,29-32H,3-24H2,1-2H3;1-2H3;7*1H3;;/b42-33-,46-45+;;;;;;;;;;;. The number of nitrogens with zero attached hydrogens (tertiary/aromatic N) is 8. The summed E-state index contributed by atoms with van der Waals surface area (Å²) in [6, 6.07) is 25.2. The van der Waals surface area contributed by atoms with Gasteiger partial charge in [0.25, 0.3) is 0 Å². The van der Waals surface area contributed by atoms with Crippen LogP contribution >= 0.6 is 111 Å². The van der Waals surface area contributed by atoms with Gasteiger partial charge in [-0.2, -0.15) is 27.4 Å². The number of thiophene rings is 4. The van der Waals surface area contributed by atoms with Crippen LogP contribution in [0.3, 0.4) is 0 Å². The van der Waals surface area contributed by atoms with Gasteiger partial charge in [0.05, 0.1) is 69.8 Å². The summed E-state index contributed by atoms with van der Waals surface area (Å²) in [6.45, 7) is 26.0. The maximum Gasteiger partial charge on any atom is 0.122 e. The number of aromatic nitrogens is 8. The van der Waals surface area contributed by atoms with Crippen molar-refractivity contribution in [3.8, 4) is 9.75 Å². The molecule has 127 heavy (non-hydrogen) atoms. The van der Waals surface area contributed by atoms with Gasteiger partial charge in [-0.3, -0.25) is 0 Å². The predicted molar refractivity (Wildman–Crippen MR) is 583 cm³/mol. The Balaban J connectivity index is 0.000000207. The van der Waals surface area contributed by atoms with E-state index in [-0.39, 0.29) is 9.90 Å². The predicted octanol–water partition coefficient (Wildman–Crippen LogP) is 33.8. The SMILES string of the molecule is C=c1cc2c(s1)=c1s/c(=c3/c4nsnc4c(=C)c4nc(C)c(C)nc34)cc1/C2=C\c1cc(CCCCCCCCCCCC)cc(CCCCCCCCCCCC)c1.CCCCCCCCCCCCc1cc(C=C2c3c[c]([Sn]([CH3])([CH3])[CH3])sc3-c3s[c]([Sn]([CH3])([CH3])[CH3])cc32)cc(CCCCCCCCCCCC)c1.Cc1nc2c(Br)c3nsnc3c(Br)c2nc1C.P. The van der Waals surface area contributed by atoms with E-state index in [1.54, 1.807) is 49.1 Å². The molecule has 0 bridgehead atoms. The van der Waals surface area contributed by atoms with Crippen LogP contribution < -0.4 is 15.5 Å². The second kappa shape index (κ2) is 51.8. The molecule has 2 aliphatic carbocycles. The summed E-state index contributed by atoms with van der Waals surface area (Å²) in [5.41, 5.74) is 27.8. The van der Waals surface area contributed by atoms with Gasteiger partial charge in [0.15, 0.2) is 0 Å². The van der Waals surface area contributed by atoms with Gasteiger partial charge in [0.2, 0.25) is 0 Å². The Morgan fingerprint density at radius 3 is 0.969 bits per heavy atom. The third-order valence-electron chi connectivity index (χ3n) is 25.8. The molecule has 2 aliphatic rings. The summed E-state index contributed by atoms with van der Waals surface area (Å²) in [4.78, 5) is 37.9. The Hall–Kier alpha value is -3.79. The molecule has 19 heteroatoms. The molecule has 14 rings (SSSR count). The molecule has 8 nitrogen and oxygen atoms in total. The molecular formula is C108H149Br2N8PS6Sn2. The molecule has 1 unspecified atom stereocenters. The minimum atomic E-state index is -2.18. The summed E-state index contributed by atoms with van der Waals surface area (Å²) in [5.74, 6) is 0. The number of benzene rings is 4. The van der Waals surface area contributed by atoms with Crippen LogP contribution in [0.15, 0.2) is 69.6 Å². The van der Waals surface area contributed by atoms with Crippen molar-refractivity contribution in [3.05, 3.63) is 177 Å². The second-order valence-corrected chi connectivity index (χ2v) is 76.4. The molecule has 8 aromatic heterocycles. The molecule has 12 aromatic rings. The Labute approximate surface area is 816 Å². The zero-order valence-corrected chi connectivity index (χ0v) is 95.1.